The predicted molar refractivity (Wildman–Crippen MR) is 64.6 cm³/mol. The van der Waals surface area contributed by atoms with Crippen LogP contribution in [0, 0.1) is 0 Å². The zero-order valence-electron chi connectivity index (χ0n) is 10.1. The SMILES string of the molecule is CN1CCC(Oc2ccc(S(N)(=O)=O)nn2)CC1. The average Bonchev–Trinajstić information content (AvgIpc) is 2.32. The Hall–Kier alpha value is -1.25. The molecule has 1 aromatic rings. The molecular formula is C10H16N4O3S. The third kappa shape index (κ3) is 3.37. The quantitative estimate of drug-likeness (QED) is 0.803. The zero-order chi connectivity index (χ0) is 13.2. The molecule has 2 heterocycles. The van der Waals surface area contributed by atoms with Crippen LogP contribution in [-0.4, -0.2) is 49.8 Å². The van der Waals surface area contributed by atoms with Crippen molar-refractivity contribution in [2.45, 2.75) is 24.0 Å². The van der Waals surface area contributed by atoms with Crippen LogP contribution < -0.4 is 9.88 Å². The Bertz CT molecular complexity index is 494. The van der Waals surface area contributed by atoms with E-state index in [2.05, 4.69) is 22.1 Å². The van der Waals surface area contributed by atoms with Crippen molar-refractivity contribution >= 4 is 10.0 Å². The van der Waals surface area contributed by atoms with Crippen LogP contribution in [-0.2, 0) is 10.0 Å². The van der Waals surface area contributed by atoms with Crippen LogP contribution in [0.4, 0.5) is 0 Å². The summed E-state index contributed by atoms with van der Waals surface area (Å²) >= 11 is 0. The summed E-state index contributed by atoms with van der Waals surface area (Å²) in [6.07, 6.45) is 1.96. The summed E-state index contributed by atoms with van der Waals surface area (Å²) in [5, 5.41) is 11.9. The van der Waals surface area contributed by atoms with E-state index in [-0.39, 0.29) is 11.1 Å². The Morgan fingerprint density at radius 2 is 2.00 bits per heavy atom. The molecule has 0 unspecified atom stereocenters. The molecule has 18 heavy (non-hydrogen) atoms. The van der Waals surface area contributed by atoms with Crippen LogP contribution in [0.3, 0.4) is 0 Å². The van der Waals surface area contributed by atoms with Gasteiger partial charge in [0.15, 0.2) is 5.03 Å². The normalized spacial score (nSPS) is 18.8. The van der Waals surface area contributed by atoms with Gasteiger partial charge in [-0.2, -0.15) is 0 Å². The average molecular weight is 272 g/mol. The number of sulfonamides is 1. The molecule has 0 radical (unpaired) electrons. The van der Waals surface area contributed by atoms with Crippen molar-refractivity contribution in [2.24, 2.45) is 5.14 Å². The van der Waals surface area contributed by atoms with Crippen LogP contribution in [0.2, 0.25) is 0 Å². The van der Waals surface area contributed by atoms with Crippen LogP contribution >= 0.6 is 0 Å². The van der Waals surface area contributed by atoms with Crippen molar-refractivity contribution in [3.63, 3.8) is 0 Å². The number of nitrogens with two attached hydrogens (primary N) is 1. The molecule has 0 bridgehead atoms. The molecule has 2 N–H and O–H groups in total. The second-order valence-corrected chi connectivity index (χ2v) is 5.88. The molecule has 0 spiro atoms. The summed E-state index contributed by atoms with van der Waals surface area (Å²) in [7, 11) is -1.73. The van der Waals surface area contributed by atoms with Crippen molar-refractivity contribution in [1.29, 1.82) is 0 Å². The first-order chi connectivity index (χ1) is 8.45. The maximum atomic E-state index is 11.0. The second-order valence-electron chi connectivity index (χ2n) is 4.38. The Morgan fingerprint density at radius 1 is 1.33 bits per heavy atom. The first-order valence-corrected chi connectivity index (χ1v) is 7.21. The molecule has 0 amide bonds. The lowest BCUT2D eigenvalue weighted by Gasteiger charge is -2.28. The number of hydrogen-bond acceptors (Lipinski definition) is 6. The standard InChI is InChI=1S/C10H16N4O3S/c1-14-6-4-8(5-7-14)17-9-2-3-10(13-12-9)18(11,15)16/h2-3,8H,4-7H2,1H3,(H2,11,15,16). The van der Waals surface area contributed by atoms with Crippen molar-refractivity contribution in [3.8, 4) is 5.88 Å². The van der Waals surface area contributed by atoms with Gasteiger partial charge in [-0.1, -0.05) is 0 Å². The maximum Gasteiger partial charge on any atom is 0.257 e. The highest BCUT2D eigenvalue weighted by Crippen LogP contribution is 2.16. The number of aromatic nitrogens is 2. The number of likely N-dealkylation sites (tertiary alicyclic amines) is 1. The molecule has 8 heteroatoms. The smallest absolute Gasteiger partial charge is 0.257 e. The largest absolute Gasteiger partial charge is 0.473 e. The molecule has 0 atom stereocenters. The molecule has 2 rings (SSSR count). The molecule has 1 aliphatic rings. The second kappa shape index (κ2) is 5.17. The van der Waals surface area contributed by atoms with Gasteiger partial charge in [-0.3, -0.25) is 0 Å². The van der Waals surface area contributed by atoms with Crippen molar-refractivity contribution in [3.05, 3.63) is 12.1 Å². The fraction of sp³-hybridized carbons (Fsp3) is 0.600. The molecule has 0 saturated carbocycles. The van der Waals surface area contributed by atoms with Crippen molar-refractivity contribution < 1.29 is 13.2 Å². The van der Waals surface area contributed by atoms with E-state index >= 15 is 0 Å². The fourth-order valence-corrected chi connectivity index (χ4v) is 2.21. The third-order valence-corrected chi connectivity index (χ3v) is 3.66. The number of hydrogen-bond donors (Lipinski definition) is 1. The number of rotatable bonds is 3. The van der Waals surface area contributed by atoms with Gasteiger partial charge in [0.25, 0.3) is 10.0 Å². The van der Waals surface area contributed by atoms with E-state index in [1.54, 1.807) is 0 Å². The highest BCUT2D eigenvalue weighted by molar-refractivity contribution is 7.89. The van der Waals surface area contributed by atoms with Crippen LogP contribution in [0.15, 0.2) is 17.2 Å². The van der Waals surface area contributed by atoms with Crippen molar-refractivity contribution in [1.82, 2.24) is 15.1 Å². The summed E-state index contributed by atoms with van der Waals surface area (Å²) < 4.78 is 27.6. The van der Waals surface area contributed by atoms with Gasteiger partial charge in [0, 0.05) is 19.2 Å². The number of ether oxygens (including phenoxy) is 1. The minimum absolute atomic E-state index is 0.107. The Kier molecular flexibility index (Phi) is 3.79. The van der Waals surface area contributed by atoms with E-state index in [4.69, 9.17) is 9.88 Å². The van der Waals surface area contributed by atoms with Gasteiger partial charge in [-0.25, -0.2) is 13.6 Å². The third-order valence-electron chi connectivity index (χ3n) is 2.86. The molecule has 100 valence electrons. The van der Waals surface area contributed by atoms with Crippen LogP contribution in [0.25, 0.3) is 0 Å². The number of primary sulfonamides is 1. The zero-order valence-corrected chi connectivity index (χ0v) is 10.9. The molecule has 1 saturated heterocycles. The first kappa shape index (κ1) is 13.2. The molecule has 7 nitrogen and oxygen atoms in total. The highest BCUT2D eigenvalue weighted by atomic mass is 32.2. The Labute approximate surface area is 106 Å². The monoisotopic (exact) mass is 272 g/mol. The lowest BCUT2D eigenvalue weighted by molar-refractivity contribution is 0.108. The first-order valence-electron chi connectivity index (χ1n) is 5.67. The van der Waals surface area contributed by atoms with Crippen LogP contribution in [0.1, 0.15) is 12.8 Å². The summed E-state index contributed by atoms with van der Waals surface area (Å²) in [6.45, 7) is 1.96. The lowest BCUT2D eigenvalue weighted by Crippen LogP contribution is -2.35. The summed E-state index contributed by atoms with van der Waals surface area (Å²) in [6, 6.07) is 2.78. The highest BCUT2D eigenvalue weighted by Gasteiger charge is 2.19. The van der Waals surface area contributed by atoms with Crippen LogP contribution in [0.5, 0.6) is 5.88 Å². The van der Waals surface area contributed by atoms with Gasteiger partial charge in [-0.05, 0) is 26.0 Å². The molecule has 0 aliphatic carbocycles. The maximum absolute atomic E-state index is 11.0. The Balaban J connectivity index is 1.98. The van der Waals surface area contributed by atoms with E-state index in [0.29, 0.717) is 5.88 Å². The molecule has 1 aliphatic heterocycles. The molecule has 1 aromatic heterocycles. The lowest BCUT2D eigenvalue weighted by atomic mass is 10.1. The van der Waals surface area contributed by atoms with E-state index in [0.717, 1.165) is 25.9 Å². The fourth-order valence-electron chi connectivity index (χ4n) is 1.80. The summed E-state index contributed by atoms with van der Waals surface area (Å²) in [4.78, 5) is 2.23. The number of piperidine rings is 1. The Morgan fingerprint density at radius 3 is 2.50 bits per heavy atom. The minimum atomic E-state index is -3.80. The molecule has 0 aromatic carbocycles. The molecule has 1 fully saturated rings. The van der Waals surface area contributed by atoms with Gasteiger partial charge < -0.3 is 9.64 Å². The summed E-state index contributed by atoms with van der Waals surface area (Å²) in [5.74, 6) is 0.331. The van der Waals surface area contributed by atoms with Gasteiger partial charge >= 0.3 is 0 Å². The predicted octanol–water partition coefficient (Wildman–Crippen LogP) is -0.403. The minimum Gasteiger partial charge on any atom is -0.473 e. The number of nitrogens with zero attached hydrogens (tertiary/aromatic N) is 3. The topological polar surface area (TPSA) is 98.4 Å². The van der Waals surface area contributed by atoms with E-state index in [1.165, 1.54) is 12.1 Å². The van der Waals surface area contributed by atoms with E-state index in [1.807, 2.05) is 0 Å². The van der Waals surface area contributed by atoms with Gasteiger partial charge in [0.2, 0.25) is 5.88 Å². The van der Waals surface area contributed by atoms with Gasteiger partial charge in [0.1, 0.15) is 6.10 Å². The van der Waals surface area contributed by atoms with Gasteiger partial charge in [0.05, 0.1) is 0 Å². The van der Waals surface area contributed by atoms with E-state index in [9.17, 15) is 8.42 Å². The van der Waals surface area contributed by atoms with Gasteiger partial charge in [-0.15, -0.1) is 10.2 Å². The van der Waals surface area contributed by atoms with E-state index < -0.39 is 10.0 Å². The van der Waals surface area contributed by atoms with Crippen molar-refractivity contribution in [2.75, 3.05) is 20.1 Å². The summed E-state index contributed by atoms with van der Waals surface area (Å²) in [5.41, 5.74) is 0. The molecular weight excluding hydrogens is 256 g/mol.